The number of hydrogen-bond donors (Lipinski definition) is 3. The molecule has 0 aliphatic heterocycles. The lowest BCUT2D eigenvalue weighted by Gasteiger charge is -2.21. The van der Waals surface area contributed by atoms with Crippen molar-refractivity contribution in [1.29, 1.82) is 0 Å². The van der Waals surface area contributed by atoms with Crippen molar-refractivity contribution in [3.63, 3.8) is 0 Å². The normalized spacial score (nSPS) is 14.4. The van der Waals surface area contributed by atoms with Crippen LogP contribution in [0.5, 0.6) is 0 Å². The van der Waals surface area contributed by atoms with Crippen molar-refractivity contribution in [2.24, 2.45) is 17.8 Å². The highest BCUT2D eigenvalue weighted by Gasteiger charge is 2.30. The first-order valence-electron chi connectivity index (χ1n) is 39.4. The summed E-state index contributed by atoms with van der Waals surface area (Å²) in [5.41, 5.74) is 0. The van der Waals surface area contributed by atoms with Crippen LogP contribution in [0.4, 0.5) is 0 Å². The Balaban J connectivity index is 5.17. The fourth-order valence-corrected chi connectivity index (χ4v) is 13.1. The highest BCUT2D eigenvalue weighted by Crippen LogP contribution is 2.45. The van der Waals surface area contributed by atoms with Gasteiger partial charge >= 0.3 is 39.5 Å². The Morgan fingerprint density at radius 3 is 0.800 bits per heavy atom. The van der Waals surface area contributed by atoms with E-state index in [0.717, 1.165) is 102 Å². The summed E-state index contributed by atoms with van der Waals surface area (Å²) in [5.74, 6) is 0.123. The number of phosphoric acid groups is 2. The van der Waals surface area contributed by atoms with Crippen LogP contribution < -0.4 is 0 Å². The number of esters is 4. The molecular formula is C76H148O17P2. The van der Waals surface area contributed by atoms with Crippen molar-refractivity contribution in [3.05, 3.63) is 0 Å². The van der Waals surface area contributed by atoms with Gasteiger partial charge in [0.15, 0.2) is 12.2 Å². The molecule has 19 heteroatoms. The highest BCUT2D eigenvalue weighted by atomic mass is 31.2. The van der Waals surface area contributed by atoms with E-state index in [0.29, 0.717) is 37.5 Å². The molecule has 0 rings (SSSR count). The Labute approximate surface area is 581 Å². The third-order valence-electron chi connectivity index (χ3n) is 18.0. The first-order chi connectivity index (χ1) is 45.8. The molecule has 0 heterocycles. The van der Waals surface area contributed by atoms with E-state index in [9.17, 15) is 43.2 Å². The number of rotatable bonds is 74. The summed E-state index contributed by atoms with van der Waals surface area (Å²) >= 11 is 0. The van der Waals surface area contributed by atoms with Crippen LogP contribution >= 0.6 is 15.6 Å². The van der Waals surface area contributed by atoms with Crippen LogP contribution in [0.3, 0.4) is 0 Å². The van der Waals surface area contributed by atoms with Gasteiger partial charge in [0.1, 0.15) is 19.3 Å². The second-order valence-electron chi connectivity index (χ2n) is 28.6. The van der Waals surface area contributed by atoms with Gasteiger partial charge in [-0.05, 0) is 43.4 Å². The number of carbonyl (C=O) groups excluding carboxylic acids is 4. The Bertz CT molecular complexity index is 1850. The molecule has 0 aromatic rings. The maximum absolute atomic E-state index is 13.1. The van der Waals surface area contributed by atoms with Gasteiger partial charge in [-0.25, -0.2) is 9.13 Å². The van der Waals surface area contributed by atoms with Crippen LogP contribution in [-0.2, 0) is 65.4 Å². The quantitative estimate of drug-likeness (QED) is 0.0222. The monoisotopic (exact) mass is 1400 g/mol. The third kappa shape index (κ3) is 69.0. The lowest BCUT2D eigenvalue weighted by molar-refractivity contribution is -0.161. The number of carbonyl (C=O) groups is 4. The van der Waals surface area contributed by atoms with Crippen LogP contribution in [-0.4, -0.2) is 96.7 Å². The summed E-state index contributed by atoms with van der Waals surface area (Å²) in [4.78, 5) is 72.7. The van der Waals surface area contributed by atoms with Gasteiger partial charge in [-0.3, -0.25) is 37.3 Å². The molecule has 3 unspecified atom stereocenters. The topological polar surface area (TPSA) is 237 Å². The van der Waals surface area contributed by atoms with Gasteiger partial charge in [0.25, 0.3) is 0 Å². The van der Waals surface area contributed by atoms with E-state index in [4.69, 9.17) is 37.0 Å². The Hall–Kier alpha value is -1.94. The predicted molar refractivity (Wildman–Crippen MR) is 386 cm³/mol. The standard InChI is InChI=1S/C76H148O17P2/c1-8-10-11-12-13-14-15-16-24-27-30-35-43-50-57-73(78)86-63-71(92-75(80)59-52-45-36-31-28-25-22-20-18-17-19-21-23-26-29-34-42-49-56-69(7)9-2)65-90-94(82,83)88-61-70(77)62-89-95(84,85)91-66-72(64-87-74(79)58-51-44-39-38-41-48-55-68(5)6)93-76(81)60-53-46-37-32-33-40-47-54-67(3)4/h67-72,77H,8-66H2,1-7H3,(H,82,83)(H,84,85)/t69?,70-,71-,72-/m1/s1. The van der Waals surface area contributed by atoms with Gasteiger partial charge in [0.2, 0.25) is 0 Å². The van der Waals surface area contributed by atoms with E-state index in [-0.39, 0.29) is 25.7 Å². The number of hydrogen-bond acceptors (Lipinski definition) is 15. The summed E-state index contributed by atoms with van der Waals surface area (Å²) in [6.07, 6.45) is 53.1. The molecule has 0 radical (unpaired) electrons. The number of phosphoric ester groups is 2. The molecule has 0 saturated heterocycles. The van der Waals surface area contributed by atoms with Gasteiger partial charge in [0, 0.05) is 25.7 Å². The smallest absolute Gasteiger partial charge is 0.462 e. The van der Waals surface area contributed by atoms with E-state index in [1.165, 1.54) is 193 Å². The molecule has 95 heavy (non-hydrogen) atoms. The summed E-state index contributed by atoms with van der Waals surface area (Å²) in [6.45, 7) is 11.8. The van der Waals surface area contributed by atoms with Gasteiger partial charge in [0.05, 0.1) is 26.4 Å². The van der Waals surface area contributed by atoms with Crippen molar-refractivity contribution in [2.45, 2.75) is 407 Å². The number of ether oxygens (including phenoxy) is 4. The second-order valence-corrected chi connectivity index (χ2v) is 31.5. The Morgan fingerprint density at radius 1 is 0.305 bits per heavy atom. The van der Waals surface area contributed by atoms with E-state index in [2.05, 4.69) is 48.5 Å². The number of unbranched alkanes of at least 4 members (excludes halogenated alkanes) is 41. The number of aliphatic hydroxyl groups excluding tert-OH is 1. The third-order valence-corrected chi connectivity index (χ3v) is 19.9. The van der Waals surface area contributed by atoms with Crippen LogP contribution in [0.1, 0.15) is 389 Å². The molecule has 0 spiro atoms. The molecule has 0 aliphatic rings. The average Bonchev–Trinajstić information content (AvgIpc) is 1.79. The molecule has 6 atom stereocenters. The zero-order valence-corrected chi connectivity index (χ0v) is 63.9. The van der Waals surface area contributed by atoms with Crippen LogP contribution in [0, 0.1) is 17.8 Å². The lowest BCUT2D eigenvalue weighted by atomic mass is 9.99. The fourth-order valence-electron chi connectivity index (χ4n) is 11.6. The number of aliphatic hydroxyl groups is 1. The van der Waals surface area contributed by atoms with E-state index >= 15 is 0 Å². The van der Waals surface area contributed by atoms with Crippen LogP contribution in [0.15, 0.2) is 0 Å². The molecule has 0 bridgehead atoms. The SMILES string of the molecule is CCCCCCCCCCCCCCCCC(=O)OC[C@H](COP(=O)(O)OC[C@@H](O)COP(=O)(O)OC[C@@H](COC(=O)CCCCCCCCC(C)C)OC(=O)CCCCCCCCCC(C)C)OC(=O)CCCCCCCCCCCCCCCCCCCCC(C)CC. The molecular weight excluding hydrogens is 1250 g/mol. The fraction of sp³-hybridized carbons (Fsp3) is 0.947. The van der Waals surface area contributed by atoms with Crippen molar-refractivity contribution in [3.8, 4) is 0 Å². The molecule has 0 aromatic heterocycles. The first kappa shape index (κ1) is 93.1. The minimum Gasteiger partial charge on any atom is -0.462 e. The molecule has 0 saturated carbocycles. The van der Waals surface area contributed by atoms with Gasteiger partial charge in [-0.2, -0.15) is 0 Å². The minimum absolute atomic E-state index is 0.102. The van der Waals surface area contributed by atoms with E-state index < -0.39 is 97.5 Å². The highest BCUT2D eigenvalue weighted by molar-refractivity contribution is 7.47. The van der Waals surface area contributed by atoms with E-state index in [1.54, 1.807) is 0 Å². The molecule has 0 fully saturated rings. The minimum atomic E-state index is -4.96. The summed E-state index contributed by atoms with van der Waals surface area (Å²) in [5, 5.41) is 10.6. The summed E-state index contributed by atoms with van der Waals surface area (Å²) in [7, 11) is -9.91. The molecule has 564 valence electrons. The van der Waals surface area contributed by atoms with Gasteiger partial charge in [-0.15, -0.1) is 0 Å². The zero-order chi connectivity index (χ0) is 70.1. The average molecular weight is 1400 g/mol. The largest absolute Gasteiger partial charge is 0.472 e. The molecule has 17 nitrogen and oxygen atoms in total. The van der Waals surface area contributed by atoms with Crippen LogP contribution in [0.2, 0.25) is 0 Å². The zero-order valence-electron chi connectivity index (χ0n) is 62.1. The van der Waals surface area contributed by atoms with Gasteiger partial charge < -0.3 is 33.8 Å². The van der Waals surface area contributed by atoms with Crippen molar-refractivity contribution in [1.82, 2.24) is 0 Å². The van der Waals surface area contributed by atoms with Crippen molar-refractivity contribution >= 4 is 39.5 Å². The molecule has 3 N–H and O–H groups in total. The molecule has 0 amide bonds. The van der Waals surface area contributed by atoms with E-state index in [1.807, 2.05) is 0 Å². The maximum atomic E-state index is 13.1. The second kappa shape index (κ2) is 66.6. The molecule has 0 aromatic carbocycles. The molecule has 0 aliphatic carbocycles. The summed E-state index contributed by atoms with van der Waals surface area (Å²) in [6, 6.07) is 0. The van der Waals surface area contributed by atoms with Crippen molar-refractivity contribution < 1.29 is 80.2 Å². The Kier molecular flexibility index (Phi) is 65.2. The lowest BCUT2D eigenvalue weighted by Crippen LogP contribution is -2.30. The van der Waals surface area contributed by atoms with Gasteiger partial charge in [-0.1, -0.05) is 337 Å². The predicted octanol–water partition coefficient (Wildman–Crippen LogP) is 22.2. The van der Waals surface area contributed by atoms with Crippen molar-refractivity contribution in [2.75, 3.05) is 39.6 Å². The maximum Gasteiger partial charge on any atom is 0.472 e. The Morgan fingerprint density at radius 2 is 0.537 bits per heavy atom. The summed E-state index contributed by atoms with van der Waals surface area (Å²) < 4.78 is 68.4. The van der Waals surface area contributed by atoms with Crippen LogP contribution in [0.25, 0.3) is 0 Å². The first-order valence-corrected chi connectivity index (χ1v) is 42.4.